The summed E-state index contributed by atoms with van der Waals surface area (Å²) in [6, 6.07) is 4.61. The molecule has 0 radical (unpaired) electrons. The number of hydrogen-bond acceptors (Lipinski definition) is 2. The van der Waals surface area contributed by atoms with E-state index in [4.69, 9.17) is 9.84 Å². The van der Waals surface area contributed by atoms with E-state index in [0.29, 0.717) is 11.1 Å². The van der Waals surface area contributed by atoms with Gasteiger partial charge in [-0.2, -0.15) is 0 Å². The molecule has 1 aromatic carbocycles. The average molecular weight is 170 g/mol. The molecule has 1 aromatic rings. The van der Waals surface area contributed by atoms with Crippen molar-refractivity contribution in [2.24, 2.45) is 0 Å². The molecule has 3 heteroatoms. The highest BCUT2D eigenvalue weighted by atomic mass is 19.1. The van der Waals surface area contributed by atoms with E-state index in [1.54, 1.807) is 12.1 Å². The highest BCUT2D eigenvalue weighted by Crippen LogP contribution is 2.11. The number of methoxy groups -OCH3 is 1. The number of benzene rings is 1. The maximum atomic E-state index is 13.0. The Morgan fingerprint density at radius 1 is 1.50 bits per heavy atom. The van der Waals surface area contributed by atoms with Crippen LogP contribution in [0.15, 0.2) is 18.2 Å². The second kappa shape index (κ2) is 4.18. The van der Waals surface area contributed by atoms with Crippen LogP contribution >= 0.6 is 0 Å². The van der Waals surface area contributed by atoms with Gasteiger partial charge in [-0.1, -0.05) is 12.1 Å². The minimum absolute atomic E-state index is 0.135. The van der Waals surface area contributed by atoms with Crippen molar-refractivity contribution >= 4 is 0 Å². The van der Waals surface area contributed by atoms with E-state index < -0.39 is 0 Å². The predicted molar refractivity (Wildman–Crippen MR) is 43.0 cm³/mol. The van der Waals surface area contributed by atoms with Gasteiger partial charge in [0.25, 0.3) is 0 Å². The normalized spacial score (nSPS) is 10.2. The van der Waals surface area contributed by atoms with Crippen LogP contribution in [0.5, 0.6) is 0 Å². The van der Waals surface area contributed by atoms with Crippen molar-refractivity contribution in [2.75, 3.05) is 7.11 Å². The molecule has 0 aromatic heterocycles. The third-order valence-corrected chi connectivity index (χ3v) is 1.60. The van der Waals surface area contributed by atoms with Crippen LogP contribution in [0.25, 0.3) is 0 Å². The molecule has 0 atom stereocenters. The van der Waals surface area contributed by atoms with Gasteiger partial charge in [-0.15, -0.1) is 0 Å². The molecule has 0 heterocycles. The van der Waals surface area contributed by atoms with E-state index in [-0.39, 0.29) is 19.0 Å². The Bertz CT molecular complexity index is 261. The molecule has 0 amide bonds. The van der Waals surface area contributed by atoms with Gasteiger partial charge in [0, 0.05) is 12.7 Å². The zero-order chi connectivity index (χ0) is 8.97. The first-order valence-electron chi connectivity index (χ1n) is 3.65. The molecule has 12 heavy (non-hydrogen) atoms. The first-order valence-corrected chi connectivity index (χ1v) is 3.65. The van der Waals surface area contributed by atoms with Crippen LogP contribution in [0, 0.1) is 5.82 Å². The smallest absolute Gasteiger partial charge is 0.129 e. The topological polar surface area (TPSA) is 29.5 Å². The summed E-state index contributed by atoms with van der Waals surface area (Å²) < 4.78 is 17.8. The Morgan fingerprint density at radius 2 is 2.25 bits per heavy atom. The van der Waals surface area contributed by atoms with E-state index in [1.807, 2.05) is 0 Å². The van der Waals surface area contributed by atoms with Crippen molar-refractivity contribution in [1.82, 2.24) is 0 Å². The Kier molecular flexibility index (Phi) is 3.19. The lowest BCUT2D eigenvalue weighted by Gasteiger charge is -2.02. The van der Waals surface area contributed by atoms with E-state index in [9.17, 15) is 4.39 Å². The van der Waals surface area contributed by atoms with Gasteiger partial charge in [0.15, 0.2) is 0 Å². The molecular formula is C9H11FO2. The van der Waals surface area contributed by atoms with Crippen molar-refractivity contribution in [3.63, 3.8) is 0 Å². The van der Waals surface area contributed by atoms with Gasteiger partial charge in [0.05, 0.1) is 13.2 Å². The van der Waals surface area contributed by atoms with Gasteiger partial charge >= 0.3 is 0 Å². The van der Waals surface area contributed by atoms with Crippen LogP contribution in [0.1, 0.15) is 11.1 Å². The van der Waals surface area contributed by atoms with Crippen LogP contribution in [-0.4, -0.2) is 12.2 Å². The van der Waals surface area contributed by atoms with E-state index >= 15 is 0 Å². The molecule has 0 saturated heterocycles. The minimum Gasteiger partial charge on any atom is -0.392 e. The predicted octanol–water partition coefficient (Wildman–Crippen LogP) is 1.46. The van der Waals surface area contributed by atoms with Crippen LogP contribution in [0.4, 0.5) is 4.39 Å². The number of aliphatic hydroxyl groups excluding tert-OH is 1. The molecule has 0 aliphatic rings. The van der Waals surface area contributed by atoms with Gasteiger partial charge in [0.1, 0.15) is 5.82 Å². The molecule has 1 rings (SSSR count). The number of aliphatic hydroxyl groups is 1. The van der Waals surface area contributed by atoms with Gasteiger partial charge in [-0.3, -0.25) is 0 Å². The molecule has 0 aliphatic carbocycles. The summed E-state index contributed by atoms with van der Waals surface area (Å²) in [6.45, 7) is 0.127. The maximum absolute atomic E-state index is 13.0. The van der Waals surface area contributed by atoms with E-state index in [0.717, 1.165) is 0 Å². The SMILES string of the molecule is COCc1ccc(CO)cc1F. The van der Waals surface area contributed by atoms with Gasteiger partial charge < -0.3 is 9.84 Å². The summed E-state index contributed by atoms with van der Waals surface area (Å²) in [7, 11) is 1.51. The van der Waals surface area contributed by atoms with Crippen LogP contribution in [-0.2, 0) is 18.0 Å². The average Bonchev–Trinajstić information content (AvgIpc) is 2.09. The molecule has 0 saturated carbocycles. The summed E-state index contributed by atoms with van der Waals surface area (Å²) in [5.41, 5.74) is 1.09. The summed E-state index contributed by atoms with van der Waals surface area (Å²) in [6.07, 6.45) is 0. The molecule has 0 fully saturated rings. The molecule has 0 unspecified atom stereocenters. The van der Waals surface area contributed by atoms with E-state index in [1.165, 1.54) is 13.2 Å². The zero-order valence-corrected chi connectivity index (χ0v) is 6.88. The quantitative estimate of drug-likeness (QED) is 0.744. The summed E-state index contributed by atoms with van der Waals surface area (Å²) in [5, 5.41) is 8.68. The monoisotopic (exact) mass is 170 g/mol. The second-order valence-electron chi connectivity index (χ2n) is 2.52. The van der Waals surface area contributed by atoms with Crippen molar-refractivity contribution in [3.8, 4) is 0 Å². The fourth-order valence-electron chi connectivity index (χ4n) is 0.962. The highest BCUT2D eigenvalue weighted by molar-refractivity contribution is 5.23. The number of hydrogen-bond donors (Lipinski definition) is 1. The fraction of sp³-hybridized carbons (Fsp3) is 0.333. The van der Waals surface area contributed by atoms with Gasteiger partial charge in [-0.25, -0.2) is 4.39 Å². The first kappa shape index (κ1) is 9.16. The van der Waals surface area contributed by atoms with Crippen molar-refractivity contribution in [2.45, 2.75) is 13.2 Å². The van der Waals surface area contributed by atoms with Crippen LogP contribution in [0.2, 0.25) is 0 Å². The lowest BCUT2D eigenvalue weighted by atomic mass is 10.1. The largest absolute Gasteiger partial charge is 0.392 e. The lowest BCUT2D eigenvalue weighted by Crippen LogP contribution is -1.94. The maximum Gasteiger partial charge on any atom is 0.129 e. The van der Waals surface area contributed by atoms with Crippen molar-refractivity contribution < 1.29 is 14.2 Å². The molecule has 66 valence electrons. The summed E-state index contributed by atoms with van der Waals surface area (Å²) >= 11 is 0. The van der Waals surface area contributed by atoms with Gasteiger partial charge in [-0.05, 0) is 11.6 Å². The van der Waals surface area contributed by atoms with Crippen LogP contribution < -0.4 is 0 Å². The molecule has 0 bridgehead atoms. The molecule has 0 spiro atoms. The lowest BCUT2D eigenvalue weighted by molar-refractivity contribution is 0.181. The van der Waals surface area contributed by atoms with Crippen molar-refractivity contribution in [3.05, 3.63) is 35.1 Å². The summed E-state index contributed by atoms with van der Waals surface area (Å²) in [4.78, 5) is 0. The minimum atomic E-state index is -0.330. The fourth-order valence-corrected chi connectivity index (χ4v) is 0.962. The van der Waals surface area contributed by atoms with Crippen molar-refractivity contribution in [1.29, 1.82) is 0 Å². The number of halogens is 1. The number of rotatable bonds is 3. The molecule has 0 aliphatic heterocycles. The van der Waals surface area contributed by atoms with Gasteiger partial charge in [0.2, 0.25) is 0 Å². The second-order valence-corrected chi connectivity index (χ2v) is 2.52. The zero-order valence-electron chi connectivity index (χ0n) is 6.88. The number of ether oxygens (including phenoxy) is 1. The molecular weight excluding hydrogens is 159 g/mol. The Balaban J connectivity index is 2.87. The van der Waals surface area contributed by atoms with Crippen LogP contribution in [0.3, 0.4) is 0 Å². The summed E-state index contributed by atoms with van der Waals surface area (Å²) in [5.74, 6) is -0.330. The Labute approximate surface area is 70.6 Å². The Hall–Kier alpha value is -0.930. The first-order chi connectivity index (χ1) is 5.77. The third kappa shape index (κ3) is 2.03. The third-order valence-electron chi connectivity index (χ3n) is 1.60. The van der Waals surface area contributed by atoms with E-state index in [2.05, 4.69) is 0 Å². The molecule has 2 nitrogen and oxygen atoms in total. The Morgan fingerprint density at radius 3 is 2.75 bits per heavy atom. The highest BCUT2D eigenvalue weighted by Gasteiger charge is 2.01. The molecule has 1 N–H and O–H groups in total. The standard InChI is InChI=1S/C9H11FO2/c1-12-6-8-3-2-7(5-11)4-9(8)10/h2-4,11H,5-6H2,1H3.